The Balaban J connectivity index is 2.95. The minimum atomic E-state index is -0.957. The van der Waals surface area contributed by atoms with Crippen LogP contribution in [0.3, 0.4) is 0 Å². The van der Waals surface area contributed by atoms with Crippen LogP contribution in [0.25, 0.3) is 0 Å². The molecule has 0 aromatic heterocycles. The van der Waals surface area contributed by atoms with Crippen molar-refractivity contribution in [2.24, 2.45) is 0 Å². The van der Waals surface area contributed by atoms with E-state index in [0.29, 0.717) is 17.7 Å². The monoisotopic (exact) mass is 252 g/mol. The van der Waals surface area contributed by atoms with Crippen molar-refractivity contribution >= 4 is 17.3 Å². The maximum atomic E-state index is 11.0. The molecule has 6 heteroatoms. The minimum absolute atomic E-state index is 0.0434. The second kappa shape index (κ2) is 6.00. The predicted molar refractivity (Wildman–Crippen MR) is 67.8 cm³/mol. The summed E-state index contributed by atoms with van der Waals surface area (Å²) in [6, 6.07) is 3.76. The molecule has 0 amide bonds. The third-order valence-electron chi connectivity index (χ3n) is 2.49. The minimum Gasteiger partial charge on any atom is -0.480 e. The van der Waals surface area contributed by atoms with E-state index in [2.05, 4.69) is 5.32 Å². The fourth-order valence-corrected chi connectivity index (χ4v) is 1.70. The van der Waals surface area contributed by atoms with Crippen molar-refractivity contribution in [3.8, 4) is 0 Å². The van der Waals surface area contributed by atoms with Crippen molar-refractivity contribution in [3.05, 3.63) is 33.9 Å². The van der Waals surface area contributed by atoms with Crippen molar-refractivity contribution in [2.75, 3.05) is 5.32 Å². The van der Waals surface area contributed by atoms with Crippen LogP contribution in [-0.2, 0) is 4.79 Å². The average Bonchev–Trinajstić information content (AvgIpc) is 2.27. The van der Waals surface area contributed by atoms with Crippen LogP contribution < -0.4 is 5.32 Å². The number of carboxylic acids is 1. The lowest BCUT2D eigenvalue weighted by Crippen LogP contribution is -2.28. The molecule has 18 heavy (non-hydrogen) atoms. The predicted octanol–water partition coefficient (Wildman–Crippen LogP) is 2.57. The zero-order valence-corrected chi connectivity index (χ0v) is 10.3. The lowest BCUT2D eigenvalue weighted by molar-refractivity contribution is -0.384. The Kier molecular flexibility index (Phi) is 4.65. The quantitative estimate of drug-likeness (QED) is 0.599. The fourth-order valence-electron chi connectivity index (χ4n) is 1.70. The first kappa shape index (κ1) is 14.0. The van der Waals surface area contributed by atoms with Crippen molar-refractivity contribution in [1.82, 2.24) is 0 Å². The van der Waals surface area contributed by atoms with Crippen LogP contribution in [0.2, 0.25) is 0 Å². The Bertz CT molecular complexity index is 459. The van der Waals surface area contributed by atoms with E-state index >= 15 is 0 Å². The SMILES string of the molecule is CCCC(Nc1cc(C)cc([N+](=O)[O-])c1)C(=O)O. The van der Waals surface area contributed by atoms with Crippen molar-refractivity contribution < 1.29 is 14.8 Å². The van der Waals surface area contributed by atoms with E-state index in [1.165, 1.54) is 12.1 Å². The molecule has 0 heterocycles. The number of aliphatic carboxylic acids is 1. The summed E-state index contributed by atoms with van der Waals surface area (Å²) in [5.74, 6) is -0.957. The summed E-state index contributed by atoms with van der Waals surface area (Å²) in [5.41, 5.74) is 1.13. The van der Waals surface area contributed by atoms with Gasteiger partial charge >= 0.3 is 5.97 Å². The van der Waals surface area contributed by atoms with Crippen molar-refractivity contribution in [2.45, 2.75) is 32.7 Å². The van der Waals surface area contributed by atoms with Crippen LogP contribution in [0.4, 0.5) is 11.4 Å². The van der Waals surface area contributed by atoms with Gasteiger partial charge in [0, 0.05) is 17.8 Å². The number of nitrogens with zero attached hydrogens (tertiary/aromatic N) is 1. The number of hydrogen-bond acceptors (Lipinski definition) is 4. The first-order valence-corrected chi connectivity index (χ1v) is 5.69. The topological polar surface area (TPSA) is 92.5 Å². The van der Waals surface area contributed by atoms with Crippen LogP contribution in [0.5, 0.6) is 0 Å². The van der Waals surface area contributed by atoms with E-state index in [-0.39, 0.29) is 5.69 Å². The largest absolute Gasteiger partial charge is 0.480 e. The number of hydrogen-bond donors (Lipinski definition) is 2. The Labute approximate surface area is 105 Å². The number of rotatable bonds is 6. The molecule has 0 radical (unpaired) electrons. The number of nitrogens with one attached hydrogen (secondary N) is 1. The maximum Gasteiger partial charge on any atom is 0.326 e. The molecule has 0 spiro atoms. The highest BCUT2D eigenvalue weighted by Gasteiger charge is 2.17. The summed E-state index contributed by atoms with van der Waals surface area (Å²) in [4.78, 5) is 21.2. The average molecular weight is 252 g/mol. The third kappa shape index (κ3) is 3.73. The molecule has 0 aliphatic carbocycles. The molecule has 1 rings (SSSR count). The van der Waals surface area contributed by atoms with Gasteiger partial charge in [-0.1, -0.05) is 13.3 Å². The third-order valence-corrected chi connectivity index (χ3v) is 2.49. The maximum absolute atomic E-state index is 11.0. The molecule has 2 N–H and O–H groups in total. The summed E-state index contributed by atoms with van der Waals surface area (Å²) in [7, 11) is 0. The Hall–Kier alpha value is -2.11. The van der Waals surface area contributed by atoms with Gasteiger partial charge in [0.1, 0.15) is 6.04 Å². The second-order valence-corrected chi connectivity index (χ2v) is 4.14. The first-order chi connectivity index (χ1) is 8.43. The van der Waals surface area contributed by atoms with Crippen LogP contribution >= 0.6 is 0 Å². The first-order valence-electron chi connectivity index (χ1n) is 5.69. The van der Waals surface area contributed by atoms with Crippen molar-refractivity contribution in [1.29, 1.82) is 0 Å². The van der Waals surface area contributed by atoms with Crippen LogP contribution in [-0.4, -0.2) is 22.0 Å². The zero-order valence-electron chi connectivity index (χ0n) is 10.3. The van der Waals surface area contributed by atoms with Gasteiger partial charge in [0.15, 0.2) is 0 Å². The Morgan fingerprint density at radius 2 is 2.17 bits per heavy atom. The molecule has 0 fully saturated rings. The van der Waals surface area contributed by atoms with E-state index in [1.54, 1.807) is 13.0 Å². The lowest BCUT2D eigenvalue weighted by Gasteiger charge is -2.15. The molecule has 6 nitrogen and oxygen atoms in total. The second-order valence-electron chi connectivity index (χ2n) is 4.14. The highest BCUT2D eigenvalue weighted by Crippen LogP contribution is 2.21. The number of non-ortho nitro benzene ring substituents is 1. The van der Waals surface area contributed by atoms with Gasteiger partial charge in [0.2, 0.25) is 0 Å². The summed E-state index contributed by atoms with van der Waals surface area (Å²) >= 11 is 0. The summed E-state index contributed by atoms with van der Waals surface area (Å²) in [5, 5.41) is 22.5. The Morgan fingerprint density at radius 3 is 2.67 bits per heavy atom. The number of carbonyl (C=O) groups is 1. The molecule has 1 atom stereocenters. The van der Waals surface area contributed by atoms with Gasteiger partial charge in [-0.3, -0.25) is 10.1 Å². The number of anilines is 1. The Morgan fingerprint density at radius 1 is 1.50 bits per heavy atom. The number of nitro benzene ring substituents is 1. The summed E-state index contributed by atoms with van der Waals surface area (Å²) < 4.78 is 0. The highest BCUT2D eigenvalue weighted by molar-refractivity contribution is 5.77. The van der Waals surface area contributed by atoms with E-state index < -0.39 is 16.9 Å². The number of carboxylic acid groups (broad SMARTS) is 1. The number of aryl methyl sites for hydroxylation is 1. The molecule has 0 saturated heterocycles. The summed E-state index contributed by atoms with van der Waals surface area (Å²) in [6.45, 7) is 3.62. The standard InChI is InChI=1S/C12H16N2O4/c1-3-4-11(12(15)16)13-9-5-8(2)6-10(7-9)14(17)18/h5-7,11,13H,3-4H2,1-2H3,(H,15,16). The van der Waals surface area contributed by atoms with Gasteiger partial charge in [-0.05, 0) is 25.0 Å². The smallest absolute Gasteiger partial charge is 0.326 e. The van der Waals surface area contributed by atoms with Crippen LogP contribution in [0, 0.1) is 17.0 Å². The molecular formula is C12H16N2O4. The van der Waals surface area contributed by atoms with E-state index in [0.717, 1.165) is 6.42 Å². The van der Waals surface area contributed by atoms with E-state index in [4.69, 9.17) is 5.11 Å². The number of nitro groups is 1. The van der Waals surface area contributed by atoms with Gasteiger partial charge in [-0.2, -0.15) is 0 Å². The van der Waals surface area contributed by atoms with Gasteiger partial charge in [-0.25, -0.2) is 4.79 Å². The van der Waals surface area contributed by atoms with Crippen LogP contribution in [0.1, 0.15) is 25.3 Å². The summed E-state index contributed by atoms with van der Waals surface area (Å²) in [6.07, 6.45) is 1.19. The molecule has 1 aromatic rings. The molecule has 98 valence electrons. The molecule has 0 aliphatic heterocycles. The molecule has 0 saturated carbocycles. The lowest BCUT2D eigenvalue weighted by atomic mass is 10.1. The van der Waals surface area contributed by atoms with Gasteiger partial charge in [0.25, 0.3) is 5.69 Å². The van der Waals surface area contributed by atoms with E-state index in [1.807, 2.05) is 6.92 Å². The molecular weight excluding hydrogens is 236 g/mol. The molecule has 0 aliphatic rings. The van der Waals surface area contributed by atoms with E-state index in [9.17, 15) is 14.9 Å². The molecule has 0 bridgehead atoms. The highest BCUT2D eigenvalue weighted by atomic mass is 16.6. The van der Waals surface area contributed by atoms with Crippen molar-refractivity contribution in [3.63, 3.8) is 0 Å². The van der Waals surface area contributed by atoms with Gasteiger partial charge in [-0.15, -0.1) is 0 Å². The number of benzene rings is 1. The van der Waals surface area contributed by atoms with Crippen LogP contribution in [0.15, 0.2) is 18.2 Å². The van der Waals surface area contributed by atoms with Gasteiger partial charge in [0.05, 0.1) is 4.92 Å². The normalized spacial score (nSPS) is 11.9. The molecule has 1 unspecified atom stereocenters. The van der Waals surface area contributed by atoms with Gasteiger partial charge < -0.3 is 10.4 Å². The zero-order chi connectivity index (χ0) is 13.7. The molecule has 1 aromatic carbocycles. The fraction of sp³-hybridized carbons (Fsp3) is 0.417.